The second kappa shape index (κ2) is 7.25. The van der Waals surface area contributed by atoms with Gasteiger partial charge >= 0.3 is 0 Å². The molecule has 0 bridgehead atoms. The summed E-state index contributed by atoms with van der Waals surface area (Å²) in [7, 11) is 4.48. The Hall–Kier alpha value is -0.120. The highest BCUT2D eigenvalue weighted by Gasteiger charge is 2.19. The summed E-state index contributed by atoms with van der Waals surface area (Å²) in [5, 5.41) is 0. The highest BCUT2D eigenvalue weighted by atomic mass is 15.1. The van der Waals surface area contributed by atoms with Crippen LogP contribution in [-0.4, -0.2) is 56.6 Å². The Morgan fingerprint density at radius 1 is 1.50 bits per heavy atom. The molecule has 0 aliphatic carbocycles. The van der Waals surface area contributed by atoms with Gasteiger partial charge in [-0.1, -0.05) is 13.3 Å². The van der Waals surface area contributed by atoms with Gasteiger partial charge in [0.25, 0.3) is 0 Å². The molecular formula is C13H29N3. The third-order valence-electron chi connectivity index (χ3n) is 3.77. The monoisotopic (exact) mass is 227 g/mol. The average molecular weight is 227 g/mol. The maximum atomic E-state index is 5.75. The van der Waals surface area contributed by atoms with Gasteiger partial charge in [-0.15, -0.1) is 0 Å². The zero-order valence-electron chi connectivity index (χ0n) is 11.3. The van der Waals surface area contributed by atoms with Crippen molar-refractivity contribution in [3.63, 3.8) is 0 Å². The van der Waals surface area contributed by atoms with Gasteiger partial charge in [0.2, 0.25) is 0 Å². The second-order valence-corrected chi connectivity index (χ2v) is 5.50. The minimum Gasteiger partial charge on any atom is -0.330 e. The molecule has 0 aromatic heterocycles. The van der Waals surface area contributed by atoms with E-state index in [4.69, 9.17) is 5.73 Å². The molecule has 0 spiro atoms. The molecule has 2 N–H and O–H groups in total. The van der Waals surface area contributed by atoms with E-state index in [-0.39, 0.29) is 0 Å². The van der Waals surface area contributed by atoms with Crippen molar-refractivity contribution in [3.05, 3.63) is 0 Å². The van der Waals surface area contributed by atoms with Crippen molar-refractivity contribution >= 4 is 0 Å². The van der Waals surface area contributed by atoms with Gasteiger partial charge in [0.15, 0.2) is 0 Å². The van der Waals surface area contributed by atoms with Gasteiger partial charge in [0.05, 0.1) is 0 Å². The van der Waals surface area contributed by atoms with E-state index in [1.165, 1.54) is 38.9 Å². The summed E-state index contributed by atoms with van der Waals surface area (Å²) in [6.07, 6.45) is 3.96. The Kier molecular flexibility index (Phi) is 6.32. The molecular weight excluding hydrogens is 198 g/mol. The standard InChI is InChI=1S/C13H29N3/c1-4-12(8-14)9-16(3)11-13-6-5-7-15(2)10-13/h12-13H,4-11,14H2,1-3H3. The smallest absolute Gasteiger partial charge is 0.00190 e. The zero-order chi connectivity index (χ0) is 12.0. The molecule has 0 aromatic rings. The fraction of sp³-hybridized carbons (Fsp3) is 1.00. The molecule has 3 heteroatoms. The van der Waals surface area contributed by atoms with Gasteiger partial charge in [0.1, 0.15) is 0 Å². The minimum atomic E-state index is 0.673. The molecule has 0 saturated carbocycles. The number of hydrogen-bond donors (Lipinski definition) is 1. The van der Waals surface area contributed by atoms with E-state index in [0.717, 1.165) is 19.0 Å². The van der Waals surface area contributed by atoms with Gasteiger partial charge in [-0.05, 0) is 51.9 Å². The van der Waals surface area contributed by atoms with E-state index in [2.05, 4.69) is 30.8 Å². The number of nitrogens with zero attached hydrogens (tertiary/aromatic N) is 2. The van der Waals surface area contributed by atoms with Crippen LogP contribution < -0.4 is 5.73 Å². The maximum Gasteiger partial charge on any atom is 0.00190 e. The van der Waals surface area contributed by atoms with Gasteiger partial charge in [-0.2, -0.15) is 0 Å². The summed E-state index contributed by atoms with van der Waals surface area (Å²) in [4.78, 5) is 4.94. The first-order chi connectivity index (χ1) is 7.65. The Morgan fingerprint density at radius 2 is 2.25 bits per heavy atom. The van der Waals surface area contributed by atoms with Crippen molar-refractivity contribution in [3.8, 4) is 0 Å². The average Bonchev–Trinajstić information content (AvgIpc) is 2.26. The van der Waals surface area contributed by atoms with E-state index < -0.39 is 0 Å². The zero-order valence-corrected chi connectivity index (χ0v) is 11.3. The van der Waals surface area contributed by atoms with Crippen LogP contribution in [0, 0.1) is 11.8 Å². The summed E-state index contributed by atoms with van der Waals surface area (Å²) in [5.41, 5.74) is 5.75. The van der Waals surface area contributed by atoms with E-state index in [1.807, 2.05) is 0 Å². The fourth-order valence-corrected chi connectivity index (χ4v) is 2.75. The van der Waals surface area contributed by atoms with Crippen LogP contribution in [0.25, 0.3) is 0 Å². The number of likely N-dealkylation sites (tertiary alicyclic amines) is 1. The molecule has 1 aliphatic heterocycles. The normalized spacial score (nSPS) is 24.9. The molecule has 2 unspecified atom stereocenters. The Balaban J connectivity index is 2.24. The Bertz CT molecular complexity index is 180. The Labute approximate surface area is 101 Å². The lowest BCUT2D eigenvalue weighted by Gasteiger charge is -2.33. The lowest BCUT2D eigenvalue weighted by molar-refractivity contribution is 0.156. The summed E-state index contributed by atoms with van der Waals surface area (Å²) >= 11 is 0. The van der Waals surface area contributed by atoms with Crippen LogP contribution in [0.5, 0.6) is 0 Å². The molecule has 0 aromatic carbocycles. The summed E-state index contributed by atoms with van der Waals surface area (Å²) in [6.45, 7) is 8.00. The molecule has 0 radical (unpaired) electrons. The van der Waals surface area contributed by atoms with Crippen LogP contribution in [-0.2, 0) is 0 Å². The van der Waals surface area contributed by atoms with Crippen molar-refractivity contribution in [2.75, 3.05) is 46.8 Å². The molecule has 1 rings (SSSR count). The van der Waals surface area contributed by atoms with Gasteiger partial charge < -0.3 is 15.5 Å². The van der Waals surface area contributed by atoms with Crippen LogP contribution in [0.1, 0.15) is 26.2 Å². The quantitative estimate of drug-likeness (QED) is 0.741. The van der Waals surface area contributed by atoms with E-state index >= 15 is 0 Å². The maximum absolute atomic E-state index is 5.75. The van der Waals surface area contributed by atoms with Gasteiger partial charge in [0, 0.05) is 19.6 Å². The fourth-order valence-electron chi connectivity index (χ4n) is 2.75. The number of piperidine rings is 1. The summed E-state index contributed by atoms with van der Waals surface area (Å²) in [5.74, 6) is 1.53. The Morgan fingerprint density at radius 3 is 2.81 bits per heavy atom. The molecule has 1 fully saturated rings. The first-order valence-electron chi connectivity index (χ1n) is 6.72. The largest absolute Gasteiger partial charge is 0.330 e. The van der Waals surface area contributed by atoms with Gasteiger partial charge in [-0.25, -0.2) is 0 Å². The first kappa shape index (κ1) is 13.9. The van der Waals surface area contributed by atoms with E-state index in [9.17, 15) is 0 Å². The van der Waals surface area contributed by atoms with Crippen LogP contribution in [0.2, 0.25) is 0 Å². The highest BCUT2D eigenvalue weighted by Crippen LogP contribution is 2.16. The lowest BCUT2D eigenvalue weighted by atomic mass is 9.97. The predicted molar refractivity (Wildman–Crippen MR) is 70.6 cm³/mol. The second-order valence-electron chi connectivity index (χ2n) is 5.50. The summed E-state index contributed by atoms with van der Waals surface area (Å²) < 4.78 is 0. The molecule has 3 nitrogen and oxygen atoms in total. The molecule has 2 atom stereocenters. The lowest BCUT2D eigenvalue weighted by Crippen LogP contribution is -2.40. The summed E-state index contributed by atoms with van der Waals surface area (Å²) in [6, 6.07) is 0. The van der Waals surface area contributed by atoms with Crippen molar-refractivity contribution in [1.82, 2.24) is 9.80 Å². The van der Waals surface area contributed by atoms with Crippen molar-refractivity contribution < 1.29 is 0 Å². The number of rotatable bonds is 6. The highest BCUT2D eigenvalue weighted by molar-refractivity contribution is 4.74. The third kappa shape index (κ3) is 4.81. The molecule has 16 heavy (non-hydrogen) atoms. The van der Waals surface area contributed by atoms with Crippen molar-refractivity contribution in [1.29, 1.82) is 0 Å². The first-order valence-corrected chi connectivity index (χ1v) is 6.72. The van der Waals surface area contributed by atoms with E-state index in [1.54, 1.807) is 0 Å². The van der Waals surface area contributed by atoms with Crippen LogP contribution in [0.15, 0.2) is 0 Å². The molecule has 96 valence electrons. The predicted octanol–water partition coefficient (Wildman–Crippen LogP) is 1.24. The topological polar surface area (TPSA) is 32.5 Å². The van der Waals surface area contributed by atoms with Crippen LogP contribution in [0.3, 0.4) is 0 Å². The number of hydrogen-bond acceptors (Lipinski definition) is 3. The molecule has 1 heterocycles. The molecule has 1 aliphatic rings. The number of nitrogens with two attached hydrogens (primary N) is 1. The third-order valence-corrected chi connectivity index (χ3v) is 3.77. The van der Waals surface area contributed by atoms with Crippen molar-refractivity contribution in [2.24, 2.45) is 17.6 Å². The van der Waals surface area contributed by atoms with Crippen molar-refractivity contribution in [2.45, 2.75) is 26.2 Å². The van der Waals surface area contributed by atoms with Crippen LogP contribution >= 0.6 is 0 Å². The van der Waals surface area contributed by atoms with Gasteiger partial charge in [-0.3, -0.25) is 0 Å². The molecule has 0 amide bonds. The SMILES string of the molecule is CCC(CN)CN(C)CC1CCCN(C)C1. The molecule has 1 saturated heterocycles. The minimum absolute atomic E-state index is 0.673. The van der Waals surface area contributed by atoms with E-state index in [0.29, 0.717) is 5.92 Å². The van der Waals surface area contributed by atoms with Crippen LogP contribution in [0.4, 0.5) is 0 Å².